The highest BCUT2D eigenvalue weighted by atomic mass is 35.5. The zero-order chi connectivity index (χ0) is 16.4. The number of ether oxygens (including phenoxy) is 1. The summed E-state index contributed by atoms with van der Waals surface area (Å²) >= 11 is 6.13. The third kappa shape index (κ3) is 2.98. The molecule has 0 saturated heterocycles. The van der Waals surface area contributed by atoms with Crippen LogP contribution in [0.1, 0.15) is 12.5 Å². The van der Waals surface area contributed by atoms with Gasteiger partial charge < -0.3 is 4.74 Å². The van der Waals surface area contributed by atoms with E-state index in [0.717, 1.165) is 11.3 Å². The number of hydrogen-bond acceptors (Lipinski definition) is 3. The van der Waals surface area contributed by atoms with Crippen molar-refractivity contribution >= 4 is 35.0 Å². The second kappa shape index (κ2) is 6.26. The molecular weight excluding hydrogens is 312 g/mol. The van der Waals surface area contributed by atoms with E-state index in [4.69, 9.17) is 16.3 Å². The Bertz CT molecular complexity index is 813. The Morgan fingerprint density at radius 3 is 2.57 bits per heavy atom. The number of methoxy groups -OCH3 is 1. The average molecular weight is 327 g/mol. The second-order valence-electron chi connectivity index (χ2n) is 5.09. The van der Waals surface area contributed by atoms with Crippen LogP contribution in [0.25, 0.3) is 6.08 Å². The molecular formula is C18H15ClN2O2. The Labute approximate surface area is 139 Å². The van der Waals surface area contributed by atoms with Gasteiger partial charge in [-0.1, -0.05) is 35.9 Å². The topological polar surface area (TPSA) is 41.9 Å². The highest BCUT2D eigenvalue weighted by Gasteiger charge is 2.28. The van der Waals surface area contributed by atoms with Crippen LogP contribution < -0.4 is 9.75 Å². The Morgan fingerprint density at radius 2 is 1.91 bits per heavy atom. The van der Waals surface area contributed by atoms with Crippen LogP contribution in [0, 0.1) is 0 Å². The Balaban J connectivity index is 1.94. The predicted molar refractivity (Wildman–Crippen MR) is 93.0 cm³/mol. The van der Waals surface area contributed by atoms with Crippen LogP contribution in [0.3, 0.4) is 0 Å². The van der Waals surface area contributed by atoms with Crippen molar-refractivity contribution in [1.29, 1.82) is 0 Å². The summed E-state index contributed by atoms with van der Waals surface area (Å²) in [6.45, 7) is 1.82. The lowest BCUT2D eigenvalue weighted by Gasteiger charge is -2.11. The molecule has 0 bridgehead atoms. The molecule has 0 N–H and O–H groups in total. The fraction of sp³-hybridized carbons (Fsp3) is 0.111. The SMILES string of the molecule is COc1ccc(/C=C2/C(=O)N(c3ccccc3)N=C2C)cc1Cl. The van der Waals surface area contributed by atoms with Gasteiger partial charge in [0.2, 0.25) is 0 Å². The van der Waals surface area contributed by atoms with E-state index < -0.39 is 0 Å². The average Bonchev–Trinajstić information content (AvgIpc) is 2.84. The first-order chi connectivity index (χ1) is 11.1. The van der Waals surface area contributed by atoms with Gasteiger partial charge in [-0.05, 0) is 42.8 Å². The van der Waals surface area contributed by atoms with Crippen LogP contribution in [0.2, 0.25) is 5.02 Å². The summed E-state index contributed by atoms with van der Waals surface area (Å²) in [6.07, 6.45) is 1.79. The van der Waals surface area contributed by atoms with Crippen LogP contribution in [0.15, 0.2) is 59.2 Å². The zero-order valence-corrected chi connectivity index (χ0v) is 13.5. The van der Waals surface area contributed by atoms with Gasteiger partial charge in [0.05, 0.1) is 29.1 Å². The summed E-state index contributed by atoms with van der Waals surface area (Å²) in [7, 11) is 1.56. The summed E-state index contributed by atoms with van der Waals surface area (Å²) in [5.41, 5.74) is 2.79. The highest BCUT2D eigenvalue weighted by molar-refractivity contribution is 6.33. The lowest BCUT2D eigenvalue weighted by atomic mass is 10.1. The summed E-state index contributed by atoms with van der Waals surface area (Å²) < 4.78 is 5.14. The molecule has 0 radical (unpaired) electrons. The summed E-state index contributed by atoms with van der Waals surface area (Å²) in [5, 5.41) is 6.26. The molecule has 0 fully saturated rings. The molecule has 0 atom stereocenters. The first kappa shape index (κ1) is 15.3. The molecule has 116 valence electrons. The number of benzene rings is 2. The Morgan fingerprint density at radius 1 is 1.17 bits per heavy atom. The smallest absolute Gasteiger partial charge is 0.280 e. The molecule has 4 nitrogen and oxygen atoms in total. The van der Waals surface area contributed by atoms with Gasteiger partial charge in [-0.25, -0.2) is 0 Å². The summed E-state index contributed by atoms with van der Waals surface area (Å²) in [6, 6.07) is 14.7. The number of para-hydroxylation sites is 1. The van der Waals surface area contributed by atoms with Crippen LogP contribution in [0.5, 0.6) is 5.75 Å². The number of amides is 1. The van der Waals surface area contributed by atoms with E-state index in [1.807, 2.05) is 43.3 Å². The number of rotatable bonds is 3. The maximum Gasteiger partial charge on any atom is 0.280 e. The van der Waals surface area contributed by atoms with Crippen molar-refractivity contribution in [3.63, 3.8) is 0 Å². The minimum absolute atomic E-state index is 0.152. The van der Waals surface area contributed by atoms with Gasteiger partial charge in [0, 0.05) is 0 Å². The van der Waals surface area contributed by atoms with E-state index in [1.165, 1.54) is 5.01 Å². The monoisotopic (exact) mass is 326 g/mol. The molecule has 0 unspecified atom stereocenters. The molecule has 0 spiro atoms. The van der Waals surface area contributed by atoms with Crippen LogP contribution >= 0.6 is 11.6 Å². The first-order valence-electron chi connectivity index (χ1n) is 7.10. The van der Waals surface area contributed by atoms with E-state index in [-0.39, 0.29) is 5.91 Å². The van der Waals surface area contributed by atoms with E-state index in [9.17, 15) is 4.79 Å². The molecule has 1 heterocycles. The molecule has 2 aromatic rings. The number of hydrogen-bond donors (Lipinski definition) is 0. The molecule has 23 heavy (non-hydrogen) atoms. The maximum absolute atomic E-state index is 12.6. The molecule has 3 rings (SSSR count). The number of carbonyl (C=O) groups excluding carboxylic acids is 1. The van der Waals surface area contributed by atoms with Crippen molar-refractivity contribution in [3.8, 4) is 5.75 Å². The van der Waals surface area contributed by atoms with Gasteiger partial charge in [-0.15, -0.1) is 0 Å². The van der Waals surface area contributed by atoms with Gasteiger partial charge in [0.1, 0.15) is 5.75 Å². The van der Waals surface area contributed by atoms with Gasteiger partial charge in [-0.3, -0.25) is 4.79 Å². The minimum Gasteiger partial charge on any atom is -0.495 e. The third-order valence-electron chi connectivity index (χ3n) is 3.55. The van der Waals surface area contributed by atoms with Gasteiger partial charge in [0.25, 0.3) is 5.91 Å². The first-order valence-corrected chi connectivity index (χ1v) is 7.48. The van der Waals surface area contributed by atoms with E-state index in [1.54, 1.807) is 25.3 Å². The van der Waals surface area contributed by atoms with Gasteiger partial charge >= 0.3 is 0 Å². The number of hydrazone groups is 1. The van der Waals surface area contributed by atoms with Gasteiger partial charge in [-0.2, -0.15) is 10.1 Å². The normalized spacial score (nSPS) is 16.0. The van der Waals surface area contributed by atoms with Gasteiger partial charge in [0.15, 0.2) is 0 Å². The molecule has 0 aliphatic carbocycles. The molecule has 0 aromatic heterocycles. The molecule has 2 aromatic carbocycles. The number of halogens is 1. The lowest BCUT2D eigenvalue weighted by Crippen LogP contribution is -2.21. The van der Waals surface area contributed by atoms with Crippen LogP contribution in [0.4, 0.5) is 5.69 Å². The Hall–Kier alpha value is -2.59. The number of carbonyl (C=O) groups is 1. The second-order valence-corrected chi connectivity index (χ2v) is 5.50. The summed E-state index contributed by atoms with van der Waals surface area (Å²) in [5.74, 6) is 0.448. The Kier molecular flexibility index (Phi) is 4.17. The van der Waals surface area contributed by atoms with Crippen molar-refractivity contribution in [1.82, 2.24) is 0 Å². The molecule has 0 saturated carbocycles. The third-order valence-corrected chi connectivity index (χ3v) is 3.85. The number of anilines is 1. The minimum atomic E-state index is -0.152. The van der Waals surface area contributed by atoms with E-state index >= 15 is 0 Å². The fourth-order valence-corrected chi connectivity index (χ4v) is 2.63. The van der Waals surface area contributed by atoms with Crippen molar-refractivity contribution < 1.29 is 9.53 Å². The molecule has 1 aliphatic heterocycles. The highest BCUT2D eigenvalue weighted by Crippen LogP contribution is 2.28. The van der Waals surface area contributed by atoms with E-state index in [2.05, 4.69) is 5.10 Å². The quantitative estimate of drug-likeness (QED) is 0.795. The van der Waals surface area contributed by atoms with Crippen molar-refractivity contribution in [2.45, 2.75) is 6.92 Å². The molecule has 5 heteroatoms. The standard InChI is InChI=1S/C18H15ClN2O2/c1-12-15(10-13-8-9-17(23-2)16(19)11-13)18(22)21(20-12)14-6-4-3-5-7-14/h3-11H,1-2H3/b15-10+. The lowest BCUT2D eigenvalue weighted by molar-refractivity contribution is -0.114. The molecule has 1 amide bonds. The fourth-order valence-electron chi connectivity index (χ4n) is 2.37. The van der Waals surface area contributed by atoms with Crippen molar-refractivity contribution in [2.24, 2.45) is 5.10 Å². The van der Waals surface area contributed by atoms with Crippen molar-refractivity contribution in [2.75, 3.05) is 12.1 Å². The van der Waals surface area contributed by atoms with E-state index in [0.29, 0.717) is 22.1 Å². The maximum atomic E-state index is 12.6. The van der Waals surface area contributed by atoms with Crippen LogP contribution in [-0.4, -0.2) is 18.7 Å². The van der Waals surface area contributed by atoms with Crippen molar-refractivity contribution in [3.05, 3.63) is 64.7 Å². The zero-order valence-electron chi connectivity index (χ0n) is 12.8. The largest absolute Gasteiger partial charge is 0.495 e. The number of nitrogens with zero attached hydrogens (tertiary/aromatic N) is 2. The molecule has 1 aliphatic rings. The summed E-state index contributed by atoms with van der Waals surface area (Å²) in [4.78, 5) is 12.6. The van der Waals surface area contributed by atoms with Crippen LogP contribution in [-0.2, 0) is 4.79 Å². The predicted octanol–water partition coefficient (Wildman–Crippen LogP) is 4.15.